The highest BCUT2D eigenvalue weighted by atomic mass is 16.7. The van der Waals surface area contributed by atoms with Crippen molar-refractivity contribution in [3.63, 3.8) is 0 Å². The van der Waals surface area contributed by atoms with Crippen molar-refractivity contribution in [1.29, 1.82) is 0 Å². The van der Waals surface area contributed by atoms with Crippen LogP contribution in [0.2, 0.25) is 0 Å². The summed E-state index contributed by atoms with van der Waals surface area (Å²) in [5, 5.41) is 3.93. The molecular formula is C58H94N4O8. The number of carbonyl (C=O) groups excluding carboxylic acids is 4. The van der Waals surface area contributed by atoms with E-state index in [1.807, 2.05) is 58.0 Å². The van der Waals surface area contributed by atoms with Gasteiger partial charge in [0.05, 0.1) is 35.4 Å². The number of unbranched alkanes of at least 4 members (excludes halogenated alkanes) is 9. The summed E-state index contributed by atoms with van der Waals surface area (Å²) >= 11 is 0. The van der Waals surface area contributed by atoms with Gasteiger partial charge in [0.15, 0.2) is 0 Å². The summed E-state index contributed by atoms with van der Waals surface area (Å²) in [4.78, 5) is 71.1. The molecule has 0 spiro atoms. The Balaban J connectivity index is 1.07. The van der Waals surface area contributed by atoms with E-state index in [0.29, 0.717) is 63.1 Å². The van der Waals surface area contributed by atoms with Gasteiger partial charge in [0.2, 0.25) is 11.8 Å². The number of rotatable bonds is 25. The summed E-state index contributed by atoms with van der Waals surface area (Å²) in [5.74, 6) is -0.419. The second kappa shape index (κ2) is 24.7. The molecular weight excluding hydrogens is 881 g/mol. The van der Waals surface area contributed by atoms with E-state index in [4.69, 9.17) is 19.1 Å². The predicted molar refractivity (Wildman–Crippen MR) is 280 cm³/mol. The largest absolute Gasteiger partial charge is 0.462 e. The van der Waals surface area contributed by atoms with Crippen molar-refractivity contribution in [2.24, 2.45) is 0 Å². The molecule has 394 valence electrons. The standard InChI is InChI=1S/C58H94N4O8/c1-17-57(18-2)51(65)59(53(7,8)9)41-55(13,14)61(57)69-43(5)45-31-35-47(36-32-45)49(63)67-39-29-27-25-23-21-22-24-26-28-30-40-68-50(64)48-37-33-46(34-38-48)44(6)70-62-56(15,16)42-60(54(10,11)12)52(66)58(62,19-3)20-4/h31-38,43-44H,17-30,39-42H2,1-16H3. The third-order valence-corrected chi connectivity index (χ3v) is 15.0. The number of piperazine rings is 2. The normalized spacial score (nSPS) is 19.3. The molecule has 2 atom stereocenters. The van der Waals surface area contributed by atoms with Crippen LogP contribution < -0.4 is 0 Å². The molecule has 0 bridgehead atoms. The van der Waals surface area contributed by atoms with Crippen LogP contribution in [0.15, 0.2) is 48.5 Å². The molecule has 2 saturated heterocycles. The molecule has 12 nitrogen and oxygen atoms in total. The molecule has 2 aliphatic heterocycles. The summed E-state index contributed by atoms with van der Waals surface area (Å²) in [5.41, 5.74) is -0.0460. The van der Waals surface area contributed by atoms with Gasteiger partial charge in [-0.05, 0) is 157 Å². The topological polar surface area (TPSA) is 118 Å². The number of hydrogen-bond donors (Lipinski definition) is 0. The number of ether oxygens (including phenoxy) is 2. The molecule has 2 aromatic rings. The zero-order chi connectivity index (χ0) is 52.3. The van der Waals surface area contributed by atoms with Gasteiger partial charge in [-0.15, -0.1) is 0 Å². The Kier molecular flexibility index (Phi) is 20.7. The van der Waals surface area contributed by atoms with Gasteiger partial charge in [0.25, 0.3) is 0 Å². The lowest BCUT2D eigenvalue weighted by atomic mass is 9.80. The number of hydroxylamine groups is 4. The van der Waals surface area contributed by atoms with Crippen LogP contribution in [-0.4, -0.2) is 103 Å². The van der Waals surface area contributed by atoms with Gasteiger partial charge < -0.3 is 19.3 Å². The van der Waals surface area contributed by atoms with Gasteiger partial charge in [0, 0.05) is 24.2 Å². The van der Waals surface area contributed by atoms with Crippen molar-refractivity contribution >= 4 is 23.8 Å². The van der Waals surface area contributed by atoms with Crippen molar-refractivity contribution in [2.45, 2.75) is 246 Å². The molecule has 0 radical (unpaired) electrons. The molecule has 12 heteroatoms. The van der Waals surface area contributed by atoms with Crippen molar-refractivity contribution in [3.05, 3.63) is 70.8 Å². The lowest BCUT2D eigenvalue weighted by Gasteiger charge is -2.59. The number of nitrogens with zero attached hydrogens (tertiary/aromatic N) is 4. The molecule has 0 aromatic heterocycles. The molecule has 0 N–H and O–H groups in total. The summed E-state index contributed by atoms with van der Waals surface area (Å²) in [6.45, 7) is 35.3. The summed E-state index contributed by atoms with van der Waals surface area (Å²) in [7, 11) is 0. The number of carbonyl (C=O) groups is 4. The molecule has 2 aromatic carbocycles. The zero-order valence-electron chi connectivity index (χ0n) is 46.6. The first-order valence-corrected chi connectivity index (χ1v) is 26.9. The highest BCUT2D eigenvalue weighted by Gasteiger charge is 2.59. The van der Waals surface area contributed by atoms with Gasteiger partial charge in [-0.3, -0.25) is 19.3 Å². The van der Waals surface area contributed by atoms with E-state index in [2.05, 4.69) is 96.9 Å². The van der Waals surface area contributed by atoms with Crippen LogP contribution in [0.1, 0.15) is 245 Å². The third-order valence-electron chi connectivity index (χ3n) is 15.0. The van der Waals surface area contributed by atoms with Gasteiger partial charge in [-0.2, -0.15) is 10.1 Å². The first-order chi connectivity index (χ1) is 32.8. The smallest absolute Gasteiger partial charge is 0.338 e. The molecule has 0 saturated carbocycles. The van der Waals surface area contributed by atoms with Crippen LogP contribution in [0.3, 0.4) is 0 Å². The van der Waals surface area contributed by atoms with Gasteiger partial charge in [-0.1, -0.05) is 103 Å². The Hall–Kier alpha value is -3.84. The number of benzene rings is 2. The van der Waals surface area contributed by atoms with Gasteiger partial charge in [0.1, 0.15) is 23.3 Å². The molecule has 2 fully saturated rings. The number of amides is 2. The number of hydrogen-bond acceptors (Lipinski definition) is 10. The monoisotopic (exact) mass is 975 g/mol. The highest BCUT2D eigenvalue weighted by Crippen LogP contribution is 2.44. The number of esters is 2. The molecule has 2 aliphatic rings. The van der Waals surface area contributed by atoms with Crippen molar-refractivity contribution in [1.82, 2.24) is 19.9 Å². The minimum Gasteiger partial charge on any atom is -0.462 e. The Labute approximate surface area is 423 Å². The average Bonchev–Trinajstić information content (AvgIpc) is 3.31. The lowest BCUT2D eigenvalue weighted by molar-refractivity contribution is -0.311. The van der Waals surface area contributed by atoms with Crippen LogP contribution in [0, 0.1) is 0 Å². The second-order valence-electron chi connectivity index (χ2n) is 23.4. The molecule has 2 heterocycles. The van der Waals surface area contributed by atoms with E-state index in [0.717, 1.165) is 62.5 Å². The molecule has 0 aliphatic carbocycles. The minimum atomic E-state index is -0.768. The fraction of sp³-hybridized carbons (Fsp3) is 0.724. The Morgan fingerprint density at radius 1 is 0.500 bits per heavy atom. The van der Waals surface area contributed by atoms with Gasteiger partial charge in [-0.25, -0.2) is 9.59 Å². The fourth-order valence-electron chi connectivity index (χ4n) is 10.5. The SMILES string of the molecule is CCC1(CC)C(=O)N(C(C)(C)C)CC(C)(C)N1OC(C)c1ccc(C(=O)OCCCCCCCCCCCCOC(=O)c2ccc(C(C)ON3C(C)(C)CN(C(C)(C)C)C(=O)C3(CC)CC)cc2)cc1. The molecule has 4 rings (SSSR count). The highest BCUT2D eigenvalue weighted by molar-refractivity contribution is 5.90. The third kappa shape index (κ3) is 14.0. The van der Waals surface area contributed by atoms with Crippen molar-refractivity contribution < 1.29 is 38.3 Å². The van der Waals surface area contributed by atoms with E-state index in [1.165, 1.54) is 12.8 Å². The van der Waals surface area contributed by atoms with E-state index in [9.17, 15) is 19.2 Å². The first kappa shape index (κ1) is 58.7. The quantitative estimate of drug-likeness (QED) is 0.0703. The molecule has 2 unspecified atom stereocenters. The summed E-state index contributed by atoms with van der Waals surface area (Å²) in [6, 6.07) is 14.9. The van der Waals surface area contributed by atoms with Crippen molar-refractivity contribution in [3.8, 4) is 0 Å². The van der Waals surface area contributed by atoms with Crippen LogP contribution in [0.5, 0.6) is 0 Å². The van der Waals surface area contributed by atoms with Gasteiger partial charge >= 0.3 is 11.9 Å². The predicted octanol–water partition coefficient (Wildman–Crippen LogP) is 13.1. The summed E-state index contributed by atoms with van der Waals surface area (Å²) in [6.07, 6.45) is 12.6. The Morgan fingerprint density at radius 3 is 1.03 bits per heavy atom. The molecule has 2 amide bonds. The van der Waals surface area contributed by atoms with E-state index in [-0.39, 0.29) is 47.0 Å². The van der Waals surface area contributed by atoms with Crippen LogP contribution in [0.4, 0.5) is 0 Å². The van der Waals surface area contributed by atoms with E-state index in [1.54, 1.807) is 24.3 Å². The molecule has 70 heavy (non-hydrogen) atoms. The summed E-state index contributed by atoms with van der Waals surface area (Å²) < 4.78 is 11.2. The lowest BCUT2D eigenvalue weighted by Crippen LogP contribution is -2.75. The maximum Gasteiger partial charge on any atom is 0.338 e. The fourth-order valence-corrected chi connectivity index (χ4v) is 10.5. The first-order valence-electron chi connectivity index (χ1n) is 26.9. The van der Waals surface area contributed by atoms with E-state index < -0.39 is 22.2 Å². The van der Waals surface area contributed by atoms with Crippen molar-refractivity contribution in [2.75, 3.05) is 26.3 Å². The van der Waals surface area contributed by atoms with E-state index >= 15 is 0 Å². The maximum atomic E-state index is 14.0. The minimum absolute atomic E-state index is 0.108. The second-order valence-corrected chi connectivity index (χ2v) is 23.4. The average molecular weight is 975 g/mol. The Bertz CT molecular complexity index is 1850. The van der Waals surface area contributed by atoms with Crippen LogP contribution in [0.25, 0.3) is 0 Å². The van der Waals surface area contributed by atoms with Crippen LogP contribution >= 0.6 is 0 Å². The van der Waals surface area contributed by atoms with Crippen LogP contribution in [-0.2, 0) is 28.7 Å². The zero-order valence-corrected chi connectivity index (χ0v) is 46.6. The maximum absolute atomic E-state index is 14.0. The Morgan fingerprint density at radius 2 is 0.771 bits per heavy atom.